The summed E-state index contributed by atoms with van der Waals surface area (Å²) >= 11 is 1.32. The topological polar surface area (TPSA) is 84.0 Å². The summed E-state index contributed by atoms with van der Waals surface area (Å²) in [5.74, 6) is 0.488. The van der Waals surface area contributed by atoms with Gasteiger partial charge in [-0.15, -0.1) is 10.2 Å². The fraction of sp³-hybridized carbons (Fsp3) is 0.818. The number of aromatic nitrogens is 2. The minimum Gasteiger partial charge on any atom is -0.317 e. The Balaban J connectivity index is 2.01. The molecule has 0 amide bonds. The van der Waals surface area contributed by atoms with Crippen molar-refractivity contribution >= 4 is 26.5 Å². The van der Waals surface area contributed by atoms with Gasteiger partial charge in [-0.1, -0.05) is 25.2 Å². The lowest BCUT2D eigenvalue weighted by Gasteiger charge is -2.22. The zero-order valence-electron chi connectivity index (χ0n) is 11.2. The lowest BCUT2D eigenvalue weighted by molar-refractivity contribution is 0.499. The minimum atomic E-state index is -3.33. The predicted octanol–water partition coefficient (Wildman–Crippen LogP) is 1.23. The zero-order chi connectivity index (χ0) is 13.9. The first-order valence-corrected chi connectivity index (χ1v) is 8.88. The van der Waals surface area contributed by atoms with Crippen LogP contribution in [0.5, 0.6) is 0 Å². The monoisotopic (exact) mass is 304 g/mol. The molecule has 2 rings (SSSR count). The van der Waals surface area contributed by atoms with Gasteiger partial charge in [-0.3, -0.25) is 4.72 Å². The van der Waals surface area contributed by atoms with Crippen molar-refractivity contribution in [2.24, 2.45) is 5.92 Å². The zero-order valence-corrected chi connectivity index (χ0v) is 12.9. The number of rotatable bonds is 5. The van der Waals surface area contributed by atoms with Crippen LogP contribution in [0.4, 0.5) is 5.13 Å². The Hall–Kier alpha value is -0.730. The Kier molecular flexibility index (Phi) is 4.75. The number of sulfonamides is 1. The molecule has 1 aromatic heterocycles. The van der Waals surface area contributed by atoms with Gasteiger partial charge in [-0.25, -0.2) is 8.42 Å². The number of hydrogen-bond donors (Lipinski definition) is 2. The van der Waals surface area contributed by atoms with Gasteiger partial charge in [0.1, 0.15) is 5.01 Å². The highest BCUT2D eigenvalue weighted by Gasteiger charge is 2.28. The van der Waals surface area contributed by atoms with Crippen LogP contribution < -0.4 is 10.0 Å². The Morgan fingerprint density at radius 1 is 1.37 bits per heavy atom. The molecule has 0 spiro atoms. The van der Waals surface area contributed by atoms with E-state index < -0.39 is 10.0 Å². The standard InChI is InChI=1S/C11H20N4O2S2/c1-8(2)7-10-13-14-11(18-10)15-19(16,17)9-3-5-12-6-4-9/h8-9,12H,3-7H2,1-2H3,(H,14,15). The third-order valence-corrected chi connectivity index (χ3v) is 5.82. The lowest BCUT2D eigenvalue weighted by Crippen LogP contribution is -2.38. The van der Waals surface area contributed by atoms with Crippen LogP contribution in [-0.2, 0) is 16.4 Å². The van der Waals surface area contributed by atoms with E-state index in [1.54, 1.807) is 0 Å². The molecule has 108 valence electrons. The molecule has 1 aliphatic heterocycles. The Bertz CT molecular complexity index is 507. The normalized spacial score (nSPS) is 17.8. The van der Waals surface area contributed by atoms with Crippen LogP contribution in [0.1, 0.15) is 31.7 Å². The molecule has 8 heteroatoms. The highest BCUT2D eigenvalue weighted by molar-refractivity contribution is 7.93. The van der Waals surface area contributed by atoms with Gasteiger partial charge in [0.15, 0.2) is 0 Å². The van der Waals surface area contributed by atoms with Crippen molar-refractivity contribution in [2.45, 2.75) is 38.4 Å². The number of anilines is 1. The van der Waals surface area contributed by atoms with Crippen LogP contribution in [0.3, 0.4) is 0 Å². The van der Waals surface area contributed by atoms with Crippen LogP contribution >= 0.6 is 11.3 Å². The van der Waals surface area contributed by atoms with Crippen LogP contribution in [0.2, 0.25) is 0 Å². The van der Waals surface area contributed by atoms with Gasteiger partial charge in [-0.05, 0) is 31.8 Å². The largest absolute Gasteiger partial charge is 0.317 e. The molecule has 2 N–H and O–H groups in total. The first kappa shape index (κ1) is 14.7. The number of hydrogen-bond acceptors (Lipinski definition) is 6. The second kappa shape index (κ2) is 6.15. The molecule has 1 aromatic rings. The molecule has 19 heavy (non-hydrogen) atoms. The summed E-state index contributed by atoms with van der Waals surface area (Å²) in [4.78, 5) is 0. The Labute approximate surface area is 118 Å². The third kappa shape index (κ3) is 4.12. The van der Waals surface area contributed by atoms with Gasteiger partial charge in [0.2, 0.25) is 15.2 Å². The molecule has 0 aromatic carbocycles. The first-order chi connectivity index (χ1) is 8.97. The van der Waals surface area contributed by atoms with E-state index in [9.17, 15) is 8.42 Å². The van der Waals surface area contributed by atoms with Gasteiger partial charge in [0.25, 0.3) is 0 Å². The maximum atomic E-state index is 12.2. The van der Waals surface area contributed by atoms with Gasteiger partial charge in [0.05, 0.1) is 5.25 Å². The molecule has 0 aliphatic carbocycles. The molecule has 6 nitrogen and oxygen atoms in total. The van der Waals surface area contributed by atoms with Crippen molar-refractivity contribution in [1.82, 2.24) is 15.5 Å². The highest BCUT2D eigenvalue weighted by Crippen LogP contribution is 2.22. The van der Waals surface area contributed by atoms with Crippen molar-refractivity contribution in [1.29, 1.82) is 0 Å². The number of piperidine rings is 1. The van der Waals surface area contributed by atoms with Crippen molar-refractivity contribution in [3.8, 4) is 0 Å². The SMILES string of the molecule is CC(C)Cc1nnc(NS(=O)(=O)C2CCNCC2)s1. The number of nitrogens with one attached hydrogen (secondary N) is 2. The van der Waals surface area contributed by atoms with Crippen LogP contribution in [0, 0.1) is 5.92 Å². The van der Waals surface area contributed by atoms with E-state index >= 15 is 0 Å². The summed E-state index contributed by atoms with van der Waals surface area (Å²) in [5.41, 5.74) is 0. The van der Waals surface area contributed by atoms with Crippen molar-refractivity contribution < 1.29 is 8.42 Å². The molecular weight excluding hydrogens is 284 g/mol. The smallest absolute Gasteiger partial charge is 0.237 e. The summed E-state index contributed by atoms with van der Waals surface area (Å²) in [6.45, 7) is 5.70. The van der Waals surface area contributed by atoms with E-state index in [-0.39, 0.29) is 5.25 Å². The molecular formula is C11H20N4O2S2. The Morgan fingerprint density at radius 2 is 2.05 bits per heavy atom. The first-order valence-electron chi connectivity index (χ1n) is 6.52. The van der Waals surface area contributed by atoms with Gasteiger partial charge < -0.3 is 5.32 Å². The summed E-state index contributed by atoms with van der Waals surface area (Å²) in [7, 11) is -3.33. The second-order valence-corrected chi connectivity index (χ2v) is 8.22. The van der Waals surface area contributed by atoms with E-state index in [0.717, 1.165) is 24.5 Å². The summed E-state index contributed by atoms with van der Waals surface area (Å²) in [6, 6.07) is 0. The van der Waals surface area contributed by atoms with Crippen molar-refractivity contribution in [2.75, 3.05) is 17.8 Å². The molecule has 1 saturated heterocycles. The van der Waals surface area contributed by atoms with E-state index in [1.165, 1.54) is 11.3 Å². The predicted molar refractivity (Wildman–Crippen MR) is 76.9 cm³/mol. The van der Waals surface area contributed by atoms with Gasteiger partial charge in [0, 0.05) is 6.42 Å². The van der Waals surface area contributed by atoms with Crippen molar-refractivity contribution in [3.63, 3.8) is 0 Å². The van der Waals surface area contributed by atoms with Gasteiger partial charge >= 0.3 is 0 Å². The fourth-order valence-corrected chi connectivity index (χ4v) is 4.66. The minimum absolute atomic E-state index is 0.328. The van der Waals surface area contributed by atoms with Crippen LogP contribution in [0.15, 0.2) is 0 Å². The Morgan fingerprint density at radius 3 is 2.68 bits per heavy atom. The van der Waals surface area contributed by atoms with E-state index in [2.05, 4.69) is 34.1 Å². The summed E-state index contributed by atoms with van der Waals surface area (Å²) in [6.07, 6.45) is 2.12. The fourth-order valence-electron chi connectivity index (χ4n) is 2.04. The number of nitrogens with zero attached hydrogens (tertiary/aromatic N) is 2. The van der Waals surface area contributed by atoms with E-state index in [1.807, 2.05) is 0 Å². The maximum Gasteiger partial charge on any atom is 0.237 e. The molecule has 0 radical (unpaired) electrons. The van der Waals surface area contributed by atoms with Gasteiger partial charge in [-0.2, -0.15) is 0 Å². The van der Waals surface area contributed by atoms with E-state index in [4.69, 9.17) is 0 Å². The summed E-state index contributed by atoms with van der Waals surface area (Å²) in [5, 5.41) is 12.0. The molecule has 0 bridgehead atoms. The average molecular weight is 304 g/mol. The highest BCUT2D eigenvalue weighted by atomic mass is 32.2. The maximum absolute atomic E-state index is 12.2. The molecule has 2 heterocycles. The van der Waals surface area contributed by atoms with Crippen LogP contribution in [-0.4, -0.2) is 37.0 Å². The third-order valence-electron chi connectivity index (χ3n) is 3.00. The molecule has 1 fully saturated rings. The average Bonchev–Trinajstić information content (AvgIpc) is 2.76. The molecule has 0 unspecified atom stereocenters. The second-order valence-electron chi connectivity index (χ2n) is 5.20. The van der Waals surface area contributed by atoms with Crippen LogP contribution in [0.25, 0.3) is 0 Å². The molecule has 0 atom stereocenters. The van der Waals surface area contributed by atoms with E-state index in [0.29, 0.717) is 23.9 Å². The van der Waals surface area contributed by atoms with Crippen molar-refractivity contribution in [3.05, 3.63) is 5.01 Å². The lowest BCUT2D eigenvalue weighted by atomic mass is 10.1. The molecule has 1 aliphatic rings. The quantitative estimate of drug-likeness (QED) is 0.855. The molecule has 0 saturated carbocycles. The summed E-state index contributed by atoms with van der Waals surface area (Å²) < 4.78 is 26.9.